The van der Waals surface area contributed by atoms with E-state index in [-0.39, 0.29) is 5.97 Å². The van der Waals surface area contributed by atoms with Crippen LogP contribution in [-0.4, -0.2) is 11.0 Å². The Hall–Kier alpha value is -1.77. The number of carbonyl (C=O) groups is 1. The Balaban J connectivity index is 2.39. The second kappa shape index (κ2) is 4.62. The maximum absolute atomic E-state index is 11.0. The molecule has 0 spiro atoms. The summed E-state index contributed by atoms with van der Waals surface area (Å²) in [6.07, 6.45) is 2.76. The molecule has 1 heterocycles. The average Bonchev–Trinajstić information content (AvgIpc) is 2.59. The number of rotatable bonds is 3. The van der Waals surface area contributed by atoms with Crippen molar-refractivity contribution in [1.82, 2.24) is 4.98 Å². The Kier molecular flexibility index (Phi) is 3.18. The molecule has 0 aliphatic carbocycles. The first-order valence-electron chi connectivity index (χ1n) is 5.84. The summed E-state index contributed by atoms with van der Waals surface area (Å²) >= 11 is 0. The van der Waals surface area contributed by atoms with Gasteiger partial charge in [0, 0.05) is 24.0 Å². The molecule has 0 amide bonds. The molecule has 2 rings (SSSR count). The third-order valence-corrected chi connectivity index (χ3v) is 2.61. The van der Waals surface area contributed by atoms with Crippen LogP contribution < -0.4 is 4.74 Å². The lowest BCUT2D eigenvalue weighted by molar-refractivity contribution is -0.131. The molecule has 3 nitrogen and oxygen atoms in total. The minimum absolute atomic E-state index is 0.292. The molecule has 0 atom stereocenters. The maximum atomic E-state index is 11.0. The molecule has 17 heavy (non-hydrogen) atoms. The molecule has 0 saturated heterocycles. The zero-order valence-corrected chi connectivity index (χ0v) is 10.4. The Bertz CT molecular complexity index is 540. The molecule has 0 bridgehead atoms. The predicted octanol–water partition coefficient (Wildman–Crippen LogP) is 3.29. The molecular formula is C14H17NO2. The van der Waals surface area contributed by atoms with Crippen molar-refractivity contribution in [2.24, 2.45) is 5.92 Å². The lowest BCUT2D eigenvalue weighted by Gasteiger charge is -2.05. The molecule has 1 aromatic carbocycles. The summed E-state index contributed by atoms with van der Waals surface area (Å²) in [4.78, 5) is 14.1. The molecule has 2 aromatic rings. The van der Waals surface area contributed by atoms with Crippen LogP contribution in [0.2, 0.25) is 0 Å². The average molecular weight is 231 g/mol. The van der Waals surface area contributed by atoms with E-state index in [1.165, 1.54) is 12.5 Å². The summed E-state index contributed by atoms with van der Waals surface area (Å²) in [6, 6.07) is 6.22. The van der Waals surface area contributed by atoms with Crippen LogP contribution in [0.5, 0.6) is 5.75 Å². The van der Waals surface area contributed by atoms with Gasteiger partial charge in [-0.2, -0.15) is 0 Å². The van der Waals surface area contributed by atoms with Gasteiger partial charge < -0.3 is 9.72 Å². The molecular weight excluding hydrogens is 214 g/mol. The van der Waals surface area contributed by atoms with Crippen LogP contribution in [0, 0.1) is 5.92 Å². The highest BCUT2D eigenvalue weighted by Gasteiger charge is 2.08. The minimum Gasteiger partial charge on any atom is -0.424 e. The van der Waals surface area contributed by atoms with E-state index in [0.717, 1.165) is 17.3 Å². The number of aromatic amines is 1. The first kappa shape index (κ1) is 11.7. The number of nitrogens with one attached hydrogen (secondary N) is 1. The van der Waals surface area contributed by atoms with Gasteiger partial charge in [0.2, 0.25) is 0 Å². The summed E-state index contributed by atoms with van der Waals surface area (Å²) in [5, 5.41) is 0.971. The van der Waals surface area contributed by atoms with Crippen LogP contribution in [0.4, 0.5) is 0 Å². The topological polar surface area (TPSA) is 42.1 Å². The fourth-order valence-corrected chi connectivity index (χ4v) is 1.98. The third-order valence-electron chi connectivity index (χ3n) is 2.61. The highest BCUT2D eigenvalue weighted by Crippen LogP contribution is 2.27. The van der Waals surface area contributed by atoms with E-state index >= 15 is 0 Å². The molecule has 1 aromatic heterocycles. The summed E-state index contributed by atoms with van der Waals surface area (Å²) in [6.45, 7) is 5.79. The monoisotopic (exact) mass is 231 g/mol. The second-order valence-electron chi connectivity index (χ2n) is 4.72. The third kappa shape index (κ3) is 2.67. The van der Waals surface area contributed by atoms with Crippen molar-refractivity contribution in [2.75, 3.05) is 0 Å². The van der Waals surface area contributed by atoms with Crippen LogP contribution in [0.15, 0.2) is 24.4 Å². The number of hydrogen-bond donors (Lipinski definition) is 1. The smallest absolute Gasteiger partial charge is 0.308 e. The number of benzene rings is 1. The lowest BCUT2D eigenvalue weighted by Crippen LogP contribution is -2.00. The van der Waals surface area contributed by atoms with Gasteiger partial charge in [0.1, 0.15) is 0 Å². The Morgan fingerprint density at radius 3 is 2.82 bits per heavy atom. The predicted molar refractivity (Wildman–Crippen MR) is 68.1 cm³/mol. The molecule has 0 aliphatic heterocycles. The number of carbonyl (C=O) groups excluding carboxylic acids is 1. The van der Waals surface area contributed by atoms with Crippen LogP contribution >= 0.6 is 0 Å². The number of aromatic nitrogens is 1. The number of ether oxygens (including phenoxy) is 1. The first-order chi connectivity index (χ1) is 8.06. The van der Waals surface area contributed by atoms with Crippen molar-refractivity contribution in [1.29, 1.82) is 0 Å². The van der Waals surface area contributed by atoms with Crippen LogP contribution in [-0.2, 0) is 11.2 Å². The van der Waals surface area contributed by atoms with Gasteiger partial charge >= 0.3 is 5.97 Å². The van der Waals surface area contributed by atoms with Gasteiger partial charge in [-0.25, -0.2) is 0 Å². The van der Waals surface area contributed by atoms with Gasteiger partial charge in [0.15, 0.2) is 5.75 Å². The molecule has 0 radical (unpaired) electrons. The second-order valence-corrected chi connectivity index (χ2v) is 4.72. The Morgan fingerprint density at radius 1 is 1.41 bits per heavy atom. The number of esters is 1. The largest absolute Gasteiger partial charge is 0.424 e. The minimum atomic E-state index is -0.292. The van der Waals surface area contributed by atoms with E-state index < -0.39 is 0 Å². The summed E-state index contributed by atoms with van der Waals surface area (Å²) < 4.78 is 5.16. The Morgan fingerprint density at radius 2 is 2.18 bits per heavy atom. The van der Waals surface area contributed by atoms with Gasteiger partial charge in [-0.15, -0.1) is 0 Å². The fraction of sp³-hybridized carbons (Fsp3) is 0.357. The van der Waals surface area contributed by atoms with E-state index in [1.807, 2.05) is 6.07 Å². The van der Waals surface area contributed by atoms with Crippen LogP contribution in [0.1, 0.15) is 26.3 Å². The number of H-pyrrole nitrogens is 1. The first-order valence-corrected chi connectivity index (χ1v) is 5.84. The standard InChI is InChI=1S/C14H17NO2/c1-9(2)6-11-4-5-13-12(7-11)14(8-15-13)17-10(3)16/h4-5,7-9,15H,6H2,1-3H3. The summed E-state index contributed by atoms with van der Waals surface area (Å²) in [5.74, 6) is 0.932. The zero-order valence-electron chi connectivity index (χ0n) is 10.4. The van der Waals surface area contributed by atoms with Crippen molar-refractivity contribution in [2.45, 2.75) is 27.2 Å². The van der Waals surface area contributed by atoms with E-state index in [9.17, 15) is 4.79 Å². The zero-order chi connectivity index (χ0) is 12.4. The summed E-state index contributed by atoms with van der Waals surface area (Å²) in [5.41, 5.74) is 2.26. The maximum Gasteiger partial charge on any atom is 0.308 e. The molecule has 0 aliphatic rings. The number of fused-ring (bicyclic) bond motifs is 1. The highest BCUT2D eigenvalue weighted by molar-refractivity contribution is 5.88. The van der Waals surface area contributed by atoms with E-state index in [0.29, 0.717) is 11.7 Å². The van der Waals surface area contributed by atoms with Gasteiger partial charge in [-0.3, -0.25) is 4.79 Å². The quantitative estimate of drug-likeness (QED) is 0.823. The van der Waals surface area contributed by atoms with Gasteiger partial charge in [-0.05, 0) is 30.0 Å². The van der Waals surface area contributed by atoms with Crippen molar-refractivity contribution in [3.63, 3.8) is 0 Å². The van der Waals surface area contributed by atoms with Crippen molar-refractivity contribution in [3.05, 3.63) is 30.0 Å². The molecule has 1 N–H and O–H groups in total. The SMILES string of the molecule is CC(=O)Oc1c[nH]c2ccc(CC(C)C)cc12. The molecule has 90 valence electrons. The molecule has 0 fully saturated rings. The molecule has 0 saturated carbocycles. The van der Waals surface area contributed by atoms with E-state index in [2.05, 4.69) is 31.0 Å². The van der Waals surface area contributed by atoms with E-state index in [1.54, 1.807) is 6.20 Å². The molecule has 0 unspecified atom stereocenters. The van der Waals surface area contributed by atoms with Gasteiger partial charge in [-0.1, -0.05) is 19.9 Å². The highest BCUT2D eigenvalue weighted by atomic mass is 16.5. The van der Waals surface area contributed by atoms with Crippen LogP contribution in [0.25, 0.3) is 10.9 Å². The van der Waals surface area contributed by atoms with Crippen molar-refractivity contribution >= 4 is 16.9 Å². The normalized spacial score (nSPS) is 11.1. The van der Waals surface area contributed by atoms with Crippen molar-refractivity contribution < 1.29 is 9.53 Å². The fourth-order valence-electron chi connectivity index (χ4n) is 1.98. The number of hydrogen-bond acceptors (Lipinski definition) is 2. The van der Waals surface area contributed by atoms with Gasteiger partial charge in [0.05, 0.1) is 0 Å². The lowest BCUT2D eigenvalue weighted by atomic mass is 10.0. The summed E-state index contributed by atoms with van der Waals surface area (Å²) in [7, 11) is 0. The van der Waals surface area contributed by atoms with Crippen molar-refractivity contribution in [3.8, 4) is 5.75 Å². The van der Waals surface area contributed by atoms with Gasteiger partial charge in [0.25, 0.3) is 0 Å². The molecule has 3 heteroatoms. The van der Waals surface area contributed by atoms with Crippen LogP contribution in [0.3, 0.4) is 0 Å². The Labute approximate surface area is 101 Å². The van der Waals surface area contributed by atoms with E-state index in [4.69, 9.17) is 4.74 Å².